The molecule has 0 aromatic carbocycles. The summed E-state index contributed by atoms with van der Waals surface area (Å²) in [6, 6.07) is -0.940. The van der Waals surface area contributed by atoms with Gasteiger partial charge < -0.3 is 10.8 Å². The Morgan fingerprint density at radius 2 is 1.88 bits per heavy atom. The Hall–Kier alpha value is -1.63. The summed E-state index contributed by atoms with van der Waals surface area (Å²) in [5.74, 6) is -1.40. The number of hydrogen-bond donors (Lipinski definition) is 3. The molecule has 3 amide bonds. The number of rotatable bonds is 6. The van der Waals surface area contributed by atoms with Crippen LogP contribution in [0.1, 0.15) is 13.8 Å². The van der Waals surface area contributed by atoms with Crippen LogP contribution in [0.5, 0.6) is 0 Å². The van der Waals surface area contributed by atoms with Crippen molar-refractivity contribution in [2.24, 2.45) is 11.7 Å². The Morgan fingerprint density at radius 1 is 1.31 bits per heavy atom. The molecule has 0 aromatic rings. The van der Waals surface area contributed by atoms with E-state index >= 15 is 0 Å². The zero-order valence-corrected chi connectivity index (χ0v) is 9.40. The number of nitrogens with zero attached hydrogens (tertiary/aromatic N) is 1. The number of carboxylic acids is 1. The van der Waals surface area contributed by atoms with Crippen molar-refractivity contribution in [3.05, 3.63) is 0 Å². The second-order valence-electron chi connectivity index (χ2n) is 3.87. The Labute approximate surface area is 93.6 Å². The minimum absolute atomic E-state index is 0.159. The van der Waals surface area contributed by atoms with E-state index in [0.29, 0.717) is 6.54 Å². The van der Waals surface area contributed by atoms with Crippen LogP contribution < -0.4 is 11.1 Å². The average molecular weight is 231 g/mol. The molecule has 16 heavy (non-hydrogen) atoms. The van der Waals surface area contributed by atoms with Crippen molar-refractivity contribution >= 4 is 17.9 Å². The Morgan fingerprint density at radius 3 is 2.25 bits per heavy atom. The van der Waals surface area contributed by atoms with Gasteiger partial charge in [-0.15, -0.1) is 0 Å². The van der Waals surface area contributed by atoms with Crippen LogP contribution in [0.3, 0.4) is 0 Å². The van der Waals surface area contributed by atoms with Crippen LogP contribution in [-0.2, 0) is 9.59 Å². The van der Waals surface area contributed by atoms with E-state index in [1.165, 1.54) is 4.90 Å². The van der Waals surface area contributed by atoms with Gasteiger partial charge in [-0.1, -0.05) is 13.8 Å². The van der Waals surface area contributed by atoms with E-state index in [-0.39, 0.29) is 19.0 Å². The molecule has 0 aliphatic heterocycles. The van der Waals surface area contributed by atoms with Crippen LogP contribution >= 0.6 is 0 Å². The Kier molecular flexibility index (Phi) is 6.09. The summed E-state index contributed by atoms with van der Waals surface area (Å²) in [7, 11) is 0. The first kappa shape index (κ1) is 14.4. The average Bonchev–Trinajstić information content (AvgIpc) is 1.97. The SMILES string of the molecule is CC(C)CN(CC(=O)O)CC(=O)NC(N)=O. The first-order chi connectivity index (χ1) is 7.31. The molecule has 0 spiro atoms. The Balaban J connectivity index is 4.24. The Bertz CT molecular complexity index is 278. The van der Waals surface area contributed by atoms with Crippen molar-refractivity contribution in [1.82, 2.24) is 10.2 Å². The van der Waals surface area contributed by atoms with Crippen molar-refractivity contribution < 1.29 is 19.5 Å². The van der Waals surface area contributed by atoms with E-state index < -0.39 is 17.9 Å². The van der Waals surface area contributed by atoms with Gasteiger partial charge in [-0.3, -0.25) is 19.8 Å². The molecule has 7 nitrogen and oxygen atoms in total. The lowest BCUT2D eigenvalue weighted by Gasteiger charge is -2.21. The van der Waals surface area contributed by atoms with Gasteiger partial charge in [0.25, 0.3) is 0 Å². The van der Waals surface area contributed by atoms with Crippen LogP contribution in [0, 0.1) is 5.92 Å². The maximum Gasteiger partial charge on any atom is 0.318 e. The highest BCUT2D eigenvalue weighted by molar-refractivity contribution is 5.94. The van der Waals surface area contributed by atoms with Gasteiger partial charge in [0, 0.05) is 6.54 Å². The number of carbonyl (C=O) groups is 3. The van der Waals surface area contributed by atoms with Gasteiger partial charge in [-0.2, -0.15) is 0 Å². The zero-order chi connectivity index (χ0) is 12.7. The molecule has 7 heteroatoms. The molecule has 0 atom stereocenters. The van der Waals surface area contributed by atoms with Gasteiger partial charge in [-0.05, 0) is 5.92 Å². The summed E-state index contributed by atoms with van der Waals surface area (Å²) >= 11 is 0. The number of nitrogens with one attached hydrogen (secondary N) is 1. The highest BCUT2D eigenvalue weighted by atomic mass is 16.4. The number of primary amides is 1. The van der Waals surface area contributed by atoms with Crippen molar-refractivity contribution in [3.8, 4) is 0 Å². The van der Waals surface area contributed by atoms with E-state index in [1.807, 2.05) is 19.2 Å². The summed E-state index contributed by atoms with van der Waals surface area (Å²) in [5.41, 5.74) is 4.77. The normalized spacial score (nSPS) is 10.5. The second-order valence-corrected chi connectivity index (χ2v) is 3.87. The third-order valence-corrected chi connectivity index (χ3v) is 1.61. The maximum atomic E-state index is 11.2. The fourth-order valence-corrected chi connectivity index (χ4v) is 1.27. The quantitative estimate of drug-likeness (QED) is 0.555. The van der Waals surface area contributed by atoms with E-state index in [1.54, 1.807) is 0 Å². The van der Waals surface area contributed by atoms with E-state index in [2.05, 4.69) is 0 Å². The molecular weight excluding hydrogens is 214 g/mol. The van der Waals surface area contributed by atoms with Crippen molar-refractivity contribution in [1.29, 1.82) is 0 Å². The minimum atomic E-state index is -1.02. The van der Waals surface area contributed by atoms with E-state index in [0.717, 1.165) is 0 Å². The highest BCUT2D eigenvalue weighted by Crippen LogP contribution is 1.98. The summed E-state index contributed by atoms with van der Waals surface area (Å²) in [4.78, 5) is 33.5. The molecule has 0 heterocycles. The molecule has 0 bridgehead atoms. The maximum absolute atomic E-state index is 11.2. The lowest BCUT2D eigenvalue weighted by atomic mass is 10.2. The molecule has 0 rings (SSSR count). The smallest absolute Gasteiger partial charge is 0.318 e. The molecule has 0 aliphatic carbocycles. The molecule has 92 valence electrons. The lowest BCUT2D eigenvalue weighted by molar-refractivity contribution is -0.138. The first-order valence-corrected chi connectivity index (χ1v) is 4.84. The number of urea groups is 1. The van der Waals surface area contributed by atoms with Crippen molar-refractivity contribution in [3.63, 3.8) is 0 Å². The first-order valence-electron chi connectivity index (χ1n) is 4.84. The summed E-state index contributed by atoms with van der Waals surface area (Å²) in [6.07, 6.45) is 0. The summed E-state index contributed by atoms with van der Waals surface area (Å²) in [5, 5.41) is 10.5. The van der Waals surface area contributed by atoms with Crippen molar-refractivity contribution in [2.45, 2.75) is 13.8 Å². The topological polar surface area (TPSA) is 113 Å². The second kappa shape index (κ2) is 6.78. The molecule has 0 saturated carbocycles. The zero-order valence-electron chi connectivity index (χ0n) is 9.40. The number of hydrogen-bond acceptors (Lipinski definition) is 4. The number of imide groups is 1. The third-order valence-electron chi connectivity index (χ3n) is 1.61. The molecule has 0 saturated heterocycles. The number of amides is 3. The van der Waals surface area contributed by atoms with Crippen LogP contribution in [0.25, 0.3) is 0 Å². The lowest BCUT2D eigenvalue weighted by Crippen LogP contribution is -2.44. The fraction of sp³-hybridized carbons (Fsp3) is 0.667. The molecule has 4 N–H and O–H groups in total. The largest absolute Gasteiger partial charge is 0.480 e. The van der Waals surface area contributed by atoms with Gasteiger partial charge in [-0.25, -0.2) is 4.79 Å². The molecule has 0 fully saturated rings. The summed E-state index contributed by atoms with van der Waals surface area (Å²) in [6.45, 7) is 3.86. The van der Waals surface area contributed by atoms with Gasteiger partial charge in [0.15, 0.2) is 0 Å². The highest BCUT2D eigenvalue weighted by Gasteiger charge is 2.15. The molecule has 0 radical (unpaired) electrons. The molecule has 0 unspecified atom stereocenters. The number of nitrogens with two attached hydrogens (primary N) is 1. The standard InChI is InChI=1S/C9H17N3O4/c1-6(2)3-12(5-8(14)15)4-7(13)11-9(10)16/h6H,3-5H2,1-2H3,(H,14,15)(H3,10,11,13,16). The summed E-state index contributed by atoms with van der Waals surface area (Å²) < 4.78 is 0. The van der Waals surface area contributed by atoms with Crippen LogP contribution in [0.4, 0.5) is 4.79 Å². The molecular formula is C9H17N3O4. The van der Waals surface area contributed by atoms with Crippen LogP contribution in [0.2, 0.25) is 0 Å². The number of carbonyl (C=O) groups excluding carboxylic acids is 2. The predicted molar refractivity (Wildman–Crippen MR) is 56.6 cm³/mol. The van der Waals surface area contributed by atoms with Gasteiger partial charge in [0.1, 0.15) is 0 Å². The predicted octanol–water partition coefficient (Wildman–Crippen LogP) is -0.776. The van der Waals surface area contributed by atoms with Gasteiger partial charge in [0.05, 0.1) is 13.1 Å². The van der Waals surface area contributed by atoms with E-state index in [4.69, 9.17) is 10.8 Å². The van der Waals surface area contributed by atoms with Crippen LogP contribution in [-0.4, -0.2) is 47.5 Å². The monoisotopic (exact) mass is 231 g/mol. The fourth-order valence-electron chi connectivity index (χ4n) is 1.27. The van der Waals surface area contributed by atoms with Crippen molar-refractivity contribution in [2.75, 3.05) is 19.6 Å². The van der Waals surface area contributed by atoms with Gasteiger partial charge >= 0.3 is 12.0 Å². The minimum Gasteiger partial charge on any atom is -0.480 e. The number of carboxylic acid groups (broad SMARTS) is 1. The van der Waals surface area contributed by atoms with E-state index in [9.17, 15) is 14.4 Å². The third kappa shape index (κ3) is 7.74. The molecule has 0 aromatic heterocycles. The van der Waals surface area contributed by atoms with Crippen LogP contribution in [0.15, 0.2) is 0 Å². The number of aliphatic carboxylic acids is 1. The van der Waals surface area contributed by atoms with Gasteiger partial charge in [0.2, 0.25) is 5.91 Å². The molecule has 0 aliphatic rings.